The van der Waals surface area contributed by atoms with E-state index >= 15 is 0 Å². The van der Waals surface area contributed by atoms with Crippen LogP contribution in [-0.2, 0) is 12.8 Å². The second-order valence-electron chi connectivity index (χ2n) is 4.06. The van der Waals surface area contributed by atoms with Gasteiger partial charge in [0.2, 0.25) is 0 Å². The van der Waals surface area contributed by atoms with Gasteiger partial charge >= 0.3 is 0 Å². The number of aromatic nitrogens is 1. The average molecular weight is 226 g/mol. The van der Waals surface area contributed by atoms with E-state index < -0.39 is 0 Å². The number of aromatic amines is 1. The highest BCUT2D eigenvalue weighted by molar-refractivity contribution is 5.79. The number of H-pyrrole nitrogens is 1. The van der Waals surface area contributed by atoms with E-state index in [0.29, 0.717) is 18.4 Å². The molecule has 2 rings (SSSR count). The fourth-order valence-corrected chi connectivity index (χ4v) is 1.90. The zero-order chi connectivity index (χ0) is 12.3. The largest absolute Gasteiger partial charge is 0.322 e. The molecule has 2 aromatic rings. The molecule has 1 heterocycles. The Morgan fingerprint density at radius 2 is 2.18 bits per heavy atom. The Labute approximate surface area is 99.7 Å². The van der Waals surface area contributed by atoms with Crippen molar-refractivity contribution in [2.75, 3.05) is 0 Å². The minimum Gasteiger partial charge on any atom is -0.322 e. The maximum Gasteiger partial charge on any atom is 0.251 e. The molecule has 0 saturated carbocycles. The van der Waals surface area contributed by atoms with Gasteiger partial charge in [-0.2, -0.15) is 5.26 Å². The van der Waals surface area contributed by atoms with Crippen LogP contribution in [0.2, 0.25) is 0 Å². The van der Waals surface area contributed by atoms with Gasteiger partial charge in [-0.25, -0.2) is 0 Å². The van der Waals surface area contributed by atoms with Gasteiger partial charge < -0.3 is 4.98 Å². The van der Waals surface area contributed by atoms with Crippen LogP contribution in [0.1, 0.15) is 24.5 Å². The van der Waals surface area contributed by atoms with Crippen LogP contribution in [0.25, 0.3) is 10.9 Å². The van der Waals surface area contributed by atoms with E-state index in [-0.39, 0.29) is 5.56 Å². The molecule has 0 fully saturated rings. The van der Waals surface area contributed by atoms with Crippen LogP contribution in [0.3, 0.4) is 0 Å². The van der Waals surface area contributed by atoms with Gasteiger partial charge in [-0.1, -0.05) is 13.0 Å². The van der Waals surface area contributed by atoms with Crippen LogP contribution >= 0.6 is 0 Å². The van der Waals surface area contributed by atoms with Crippen molar-refractivity contribution >= 4 is 10.9 Å². The number of hydrogen-bond acceptors (Lipinski definition) is 2. The number of hydrogen-bond donors (Lipinski definition) is 1. The lowest BCUT2D eigenvalue weighted by molar-refractivity contribution is 0.983. The summed E-state index contributed by atoms with van der Waals surface area (Å²) in [6, 6.07) is 9.99. The molecule has 0 spiro atoms. The highest BCUT2D eigenvalue weighted by atomic mass is 16.1. The quantitative estimate of drug-likeness (QED) is 0.874. The second-order valence-corrected chi connectivity index (χ2v) is 4.06. The van der Waals surface area contributed by atoms with Crippen molar-refractivity contribution in [3.8, 4) is 6.07 Å². The van der Waals surface area contributed by atoms with Gasteiger partial charge in [-0.05, 0) is 42.0 Å². The summed E-state index contributed by atoms with van der Waals surface area (Å²) in [4.78, 5) is 14.6. The van der Waals surface area contributed by atoms with E-state index in [1.807, 2.05) is 18.2 Å². The summed E-state index contributed by atoms with van der Waals surface area (Å²) < 4.78 is 0. The summed E-state index contributed by atoms with van der Waals surface area (Å²) in [5.41, 5.74) is 2.70. The van der Waals surface area contributed by atoms with Gasteiger partial charge in [0.05, 0.1) is 6.07 Å². The molecule has 0 aliphatic heterocycles. The second kappa shape index (κ2) is 4.84. The number of aryl methyl sites for hydroxylation is 2. The third kappa shape index (κ3) is 2.36. The molecule has 0 atom stereocenters. The van der Waals surface area contributed by atoms with Crippen molar-refractivity contribution < 1.29 is 0 Å². The van der Waals surface area contributed by atoms with Crippen LogP contribution in [0, 0.1) is 11.3 Å². The molecule has 0 bridgehead atoms. The Bertz CT molecular complexity index is 635. The lowest BCUT2D eigenvalue weighted by Crippen LogP contribution is -2.12. The van der Waals surface area contributed by atoms with Gasteiger partial charge in [0, 0.05) is 17.5 Å². The number of nitrogens with zero attached hydrogens (tertiary/aromatic N) is 1. The molecule has 3 nitrogen and oxygen atoms in total. The van der Waals surface area contributed by atoms with E-state index in [0.717, 1.165) is 17.3 Å². The van der Waals surface area contributed by atoms with Crippen molar-refractivity contribution in [1.82, 2.24) is 4.98 Å². The lowest BCUT2D eigenvalue weighted by Gasteiger charge is -2.03. The molecule has 0 amide bonds. The molecule has 0 saturated heterocycles. The van der Waals surface area contributed by atoms with E-state index in [1.165, 1.54) is 5.56 Å². The maximum atomic E-state index is 11.7. The molecule has 1 aromatic carbocycles. The average Bonchev–Trinajstić information content (AvgIpc) is 2.35. The van der Waals surface area contributed by atoms with E-state index in [4.69, 9.17) is 5.26 Å². The summed E-state index contributed by atoms with van der Waals surface area (Å²) >= 11 is 0. The Hall–Kier alpha value is -2.08. The standard InChI is InChI=1S/C14H14N2O/c1-2-10-5-6-13-12(8-10)9-11(4-3-7-15)14(17)16-13/h5-6,8-9H,2-4H2,1H3,(H,16,17). The first-order valence-corrected chi connectivity index (χ1v) is 5.76. The van der Waals surface area contributed by atoms with Crippen molar-refractivity contribution in [2.45, 2.75) is 26.2 Å². The Balaban J connectivity index is 2.53. The molecule has 1 N–H and O–H groups in total. The molecule has 0 aliphatic carbocycles. The highest BCUT2D eigenvalue weighted by Gasteiger charge is 2.03. The molecular formula is C14H14N2O. The highest BCUT2D eigenvalue weighted by Crippen LogP contribution is 2.14. The van der Waals surface area contributed by atoms with Gasteiger partial charge in [0.15, 0.2) is 0 Å². The lowest BCUT2D eigenvalue weighted by atomic mass is 10.1. The van der Waals surface area contributed by atoms with E-state index in [9.17, 15) is 4.79 Å². The molecule has 1 aromatic heterocycles. The van der Waals surface area contributed by atoms with Crippen LogP contribution in [0.4, 0.5) is 0 Å². The number of benzene rings is 1. The fourth-order valence-electron chi connectivity index (χ4n) is 1.90. The maximum absolute atomic E-state index is 11.7. The van der Waals surface area contributed by atoms with Crippen LogP contribution < -0.4 is 5.56 Å². The van der Waals surface area contributed by atoms with E-state index in [1.54, 1.807) is 0 Å². The first-order valence-electron chi connectivity index (χ1n) is 5.76. The predicted octanol–water partition coefficient (Wildman–Crippen LogP) is 2.55. The third-order valence-corrected chi connectivity index (χ3v) is 2.90. The monoisotopic (exact) mass is 226 g/mol. The zero-order valence-electron chi connectivity index (χ0n) is 9.79. The van der Waals surface area contributed by atoms with Gasteiger partial charge in [-0.3, -0.25) is 4.79 Å². The van der Waals surface area contributed by atoms with E-state index in [2.05, 4.69) is 24.0 Å². The SMILES string of the molecule is CCc1ccc2[nH]c(=O)c(CCC#N)cc2c1. The fraction of sp³-hybridized carbons (Fsp3) is 0.286. The van der Waals surface area contributed by atoms with Crippen molar-refractivity contribution in [3.05, 3.63) is 45.7 Å². The molecule has 0 radical (unpaired) electrons. The number of rotatable bonds is 3. The summed E-state index contributed by atoms with van der Waals surface area (Å²) in [6.07, 6.45) is 1.86. The summed E-state index contributed by atoms with van der Waals surface area (Å²) in [7, 11) is 0. The first kappa shape index (κ1) is 11.4. The van der Waals surface area contributed by atoms with Crippen LogP contribution in [0.15, 0.2) is 29.1 Å². The topological polar surface area (TPSA) is 56.6 Å². The molecular weight excluding hydrogens is 212 g/mol. The summed E-state index contributed by atoms with van der Waals surface area (Å²) in [5.74, 6) is 0. The van der Waals surface area contributed by atoms with Crippen LogP contribution in [0.5, 0.6) is 0 Å². The number of fused-ring (bicyclic) bond motifs is 1. The van der Waals surface area contributed by atoms with Gasteiger partial charge in [0.1, 0.15) is 0 Å². The predicted molar refractivity (Wildman–Crippen MR) is 67.9 cm³/mol. The molecule has 0 unspecified atom stereocenters. The minimum absolute atomic E-state index is 0.0861. The minimum atomic E-state index is -0.0861. The summed E-state index contributed by atoms with van der Waals surface area (Å²) in [6.45, 7) is 2.10. The van der Waals surface area contributed by atoms with Crippen LogP contribution in [-0.4, -0.2) is 4.98 Å². The number of nitrogens with one attached hydrogen (secondary N) is 1. The normalized spacial score (nSPS) is 10.4. The molecule has 3 heteroatoms. The smallest absolute Gasteiger partial charge is 0.251 e. The van der Waals surface area contributed by atoms with Crippen molar-refractivity contribution in [3.63, 3.8) is 0 Å². The number of pyridine rings is 1. The van der Waals surface area contributed by atoms with Crippen molar-refractivity contribution in [2.24, 2.45) is 0 Å². The zero-order valence-corrected chi connectivity index (χ0v) is 9.79. The molecule has 0 aliphatic rings. The van der Waals surface area contributed by atoms with Crippen molar-refractivity contribution in [1.29, 1.82) is 5.26 Å². The Morgan fingerprint density at radius 3 is 2.88 bits per heavy atom. The summed E-state index contributed by atoms with van der Waals surface area (Å²) in [5, 5.41) is 9.59. The Morgan fingerprint density at radius 1 is 1.35 bits per heavy atom. The first-order chi connectivity index (χ1) is 8.24. The van der Waals surface area contributed by atoms with Gasteiger partial charge in [-0.15, -0.1) is 0 Å². The van der Waals surface area contributed by atoms with Gasteiger partial charge in [0.25, 0.3) is 5.56 Å². The third-order valence-electron chi connectivity index (χ3n) is 2.90. The Kier molecular flexibility index (Phi) is 3.24. The molecule has 86 valence electrons. The molecule has 17 heavy (non-hydrogen) atoms. The number of nitriles is 1.